The summed E-state index contributed by atoms with van der Waals surface area (Å²) in [6, 6.07) is 5.65. The molecule has 0 saturated carbocycles. The van der Waals surface area contributed by atoms with E-state index in [1.165, 1.54) is 6.08 Å². The van der Waals surface area contributed by atoms with Gasteiger partial charge in [-0.05, 0) is 86.2 Å². The lowest BCUT2D eigenvalue weighted by Crippen LogP contribution is -2.20. The molecule has 1 N–H and O–H groups in total. The highest BCUT2D eigenvalue weighted by atomic mass is 79.9. The molecule has 0 unspecified atom stereocenters. The maximum Gasteiger partial charge on any atom is 0.244 e. The first-order valence-corrected chi connectivity index (χ1v) is 10.1. The molecule has 0 aliphatic rings. The lowest BCUT2D eigenvalue weighted by Gasteiger charge is -2.14. The summed E-state index contributed by atoms with van der Waals surface area (Å²) < 4.78 is 17.9. The number of amides is 1. The van der Waals surface area contributed by atoms with Gasteiger partial charge in [0.25, 0.3) is 0 Å². The molecule has 0 fully saturated rings. The number of hydrogen-bond acceptors (Lipinski definition) is 4. The van der Waals surface area contributed by atoms with Crippen molar-refractivity contribution < 1.29 is 19.0 Å². The first-order chi connectivity index (χ1) is 13.3. The lowest BCUT2D eigenvalue weighted by molar-refractivity contribution is -0.116. The number of aryl methyl sites for hydroxylation is 1. The average molecular weight is 513 g/mol. The Hall–Kier alpha value is -1.99. The molecule has 150 valence electrons. The van der Waals surface area contributed by atoms with Crippen molar-refractivity contribution in [1.82, 2.24) is 5.32 Å². The first kappa shape index (κ1) is 22.3. The topological polar surface area (TPSA) is 56.8 Å². The number of benzene rings is 2. The Morgan fingerprint density at radius 3 is 2.14 bits per heavy atom. The maximum absolute atomic E-state index is 12.3. The van der Waals surface area contributed by atoms with Gasteiger partial charge in [0.15, 0.2) is 11.5 Å². The monoisotopic (exact) mass is 511 g/mol. The van der Waals surface area contributed by atoms with E-state index in [1.54, 1.807) is 27.4 Å². The third-order valence-electron chi connectivity index (χ3n) is 4.34. The molecule has 0 bridgehead atoms. The lowest BCUT2D eigenvalue weighted by atomic mass is 10.1. The molecule has 1 amide bonds. The number of rotatable bonds is 7. The van der Waals surface area contributed by atoms with Crippen LogP contribution in [0.25, 0.3) is 6.08 Å². The Balaban J connectivity index is 2.12. The summed E-state index contributed by atoms with van der Waals surface area (Å²) in [6.45, 7) is 4.41. The van der Waals surface area contributed by atoms with E-state index in [0.29, 0.717) is 23.8 Å². The van der Waals surface area contributed by atoms with Gasteiger partial charge in [-0.3, -0.25) is 4.79 Å². The quantitative estimate of drug-likeness (QED) is 0.519. The zero-order valence-corrected chi connectivity index (χ0v) is 19.7. The molecule has 0 aliphatic heterocycles. The van der Waals surface area contributed by atoms with Crippen LogP contribution in [0.4, 0.5) is 0 Å². The summed E-state index contributed by atoms with van der Waals surface area (Å²) in [6.07, 6.45) is 3.30. The number of halogens is 2. The van der Waals surface area contributed by atoms with Gasteiger partial charge in [0.05, 0.1) is 21.3 Å². The Morgan fingerprint density at radius 1 is 1.00 bits per heavy atom. The average Bonchev–Trinajstić information content (AvgIpc) is 2.71. The summed E-state index contributed by atoms with van der Waals surface area (Å²) in [5.74, 6) is 1.41. The fourth-order valence-corrected chi connectivity index (χ4v) is 3.73. The van der Waals surface area contributed by atoms with Gasteiger partial charge in [-0.25, -0.2) is 0 Å². The number of methoxy groups -OCH3 is 3. The van der Waals surface area contributed by atoms with Crippen molar-refractivity contribution in [2.24, 2.45) is 0 Å². The number of ether oxygens (including phenoxy) is 3. The predicted molar refractivity (Wildman–Crippen MR) is 118 cm³/mol. The minimum atomic E-state index is -0.199. The fourth-order valence-electron chi connectivity index (χ4n) is 2.64. The van der Waals surface area contributed by atoms with E-state index in [4.69, 9.17) is 14.2 Å². The summed E-state index contributed by atoms with van der Waals surface area (Å²) in [5.41, 5.74) is 4.08. The van der Waals surface area contributed by atoms with Crippen molar-refractivity contribution >= 4 is 43.8 Å². The van der Waals surface area contributed by atoms with E-state index in [9.17, 15) is 4.79 Å². The predicted octanol–water partition coefficient (Wildman–Crippen LogP) is 5.18. The van der Waals surface area contributed by atoms with Crippen LogP contribution >= 0.6 is 31.9 Å². The van der Waals surface area contributed by atoms with Crippen molar-refractivity contribution in [2.75, 3.05) is 21.3 Å². The van der Waals surface area contributed by atoms with Crippen molar-refractivity contribution in [1.29, 1.82) is 0 Å². The van der Waals surface area contributed by atoms with Crippen LogP contribution in [-0.4, -0.2) is 27.2 Å². The zero-order valence-electron chi connectivity index (χ0n) is 16.5. The van der Waals surface area contributed by atoms with E-state index in [0.717, 1.165) is 31.2 Å². The molecule has 0 atom stereocenters. The molecule has 0 heterocycles. The molecule has 2 aromatic rings. The second-order valence-electron chi connectivity index (χ2n) is 6.12. The molecule has 0 aliphatic carbocycles. The van der Waals surface area contributed by atoms with Crippen LogP contribution in [0, 0.1) is 13.8 Å². The van der Waals surface area contributed by atoms with E-state index >= 15 is 0 Å². The normalized spacial score (nSPS) is 10.8. The molecule has 2 aromatic carbocycles. The van der Waals surface area contributed by atoms with Crippen LogP contribution in [0.2, 0.25) is 0 Å². The van der Waals surface area contributed by atoms with E-state index < -0.39 is 0 Å². The second kappa shape index (κ2) is 9.98. The van der Waals surface area contributed by atoms with Crippen molar-refractivity contribution in [3.63, 3.8) is 0 Å². The Labute approximate surface area is 182 Å². The van der Waals surface area contributed by atoms with Crippen molar-refractivity contribution in [2.45, 2.75) is 20.4 Å². The third kappa shape index (κ3) is 5.08. The maximum atomic E-state index is 12.3. The molecule has 7 heteroatoms. The van der Waals surface area contributed by atoms with E-state index in [1.807, 2.05) is 32.0 Å². The van der Waals surface area contributed by atoms with Gasteiger partial charge in [0, 0.05) is 21.6 Å². The highest BCUT2D eigenvalue weighted by Crippen LogP contribution is 2.38. The second-order valence-corrected chi connectivity index (χ2v) is 7.71. The largest absolute Gasteiger partial charge is 0.493 e. The molecule has 2 rings (SSSR count). The van der Waals surface area contributed by atoms with Gasteiger partial charge in [0.2, 0.25) is 11.7 Å². The van der Waals surface area contributed by atoms with Crippen LogP contribution in [0.1, 0.15) is 22.3 Å². The third-order valence-corrected chi connectivity index (χ3v) is 6.72. The summed E-state index contributed by atoms with van der Waals surface area (Å²) in [5, 5.41) is 2.86. The Kier molecular flexibility index (Phi) is 7.95. The van der Waals surface area contributed by atoms with Gasteiger partial charge in [-0.15, -0.1) is 0 Å². The number of hydrogen-bond donors (Lipinski definition) is 1. The Morgan fingerprint density at radius 2 is 1.61 bits per heavy atom. The van der Waals surface area contributed by atoms with Crippen molar-refractivity contribution in [3.8, 4) is 17.2 Å². The molecule has 0 spiro atoms. The Bertz CT molecular complexity index is 885. The SMILES string of the molecule is COc1cc(CNC(=O)/C=C/c2cc(C)c(C)c(Br)c2Br)cc(OC)c1OC. The molecule has 5 nitrogen and oxygen atoms in total. The smallest absolute Gasteiger partial charge is 0.244 e. The first-order valence-electron chi connectivity index (χ1n) is 8.52. The van der Waals surface area contributed by atoms with Crippen LogP contribution in [0.5, 0.6) is 17.2 Å². The van der Waals surface area contributed by atoms with Gasteiger partial charge >= 0.3 is 0 Å². The molecule has 0 saturated heterocycles. The fraction of sp³-hybridized carbons (Fsp3) is 0.286. The van der Waals surface area contributed by atoms with Gasteiger partial charge in [-0.2, -0.15) is 0 Å². The summed E-state index contributed by atoms with van der Waals surface area (Å²) in [7, 11) is 4.67. The molecular weight excluding hydrogens is 490 g/mol. The van der Waals surface area contributed by atoms with Gasteiger partial charge in [-0.1, -0.05) is 6.07 Å². The minimum absolute atomic E-state index is 0.199. The highest BCUT2D eigenvalue weighted by molar-refractivity contribution is 9.13. The van der Waals surface area contributed by atoms with E-state index in [-0.39, 0.29) is 5.91 Å². The standard InChI is InChI=1S/C21H23Br2NO4/c1-12-8-15(20(23)19(22)13(12)2)6-7-18(25)24-11-14-9-16(26-3)21(28-5)17(10-14)27-4/h6-10H,11H2,1-5H3,(H,24,25)/b7-6+. The minimum Gasteiger partial charge on any atom is -0.493 e. The summed E-state index contributed by atoms with van der Waals surface area (Å²) >= 11 is 7.14. The number of carbonyl (C=O) groups excluding carboxylic acids is 1. The van der Waals surface area contributed by atoms with Crippen LogP contribution < -0.4 is 19.5 Å². The van der Waals surface area contributed by atoms with Gasteiger partial charge < -0.3 is 19.5 Å². The molecule has 0 aromatic heterocycles. The number of carbonyl (C=O) groups is 1. The summed E-state index contributed by atoms with van der Waals surface area (Å²) in [4.78, 5) is 12.3. The van der Waals surface area contributed by atoms with Crippen LogP contribution in [-0.2, 0) is 11.3 Å². The molecule has 0 radical (unpaired) electrons. The van der Waals surface area contributed by atoms with Crippen LogP contribution in [0.15, 0.2) is 33.2 Å². The molecule has 28 heavy (non-hydrogen) atoms. The van der Waals surface area contributed by atoms with E-state index in [2.05, 4.69) is 37.2 Å². The van der Waals surface area contributed by atoms with Crippen molar-refractivity contribution in [3.05, 3.63) is 55.5 Å². The molecular formula is C21H23Br2NO4. The zero-order chi connectivity index (χ0) is 20.8. The van der Waals surface area contributed by atoms with Gasteiger partial charge in [0.1, 0.15) is 0 Å². The number of nitrogens with one attached hydrogen (secondary N) is 1. The highest BCUT2D eigenvalue weighted by Gasteiger charge is 2.13. The van der Waals surface area contributed by atoms with Crippen LogP contribution in [0.3, 0.4) is 0 Å².